The Labute approximate surface area is 88.5 Å². The number of rotatable bonds is 1. The summed E-state index contributed by atoms with van der Waals surface area (Å²) in [6.07, 6.45) is 0. The molecular weight excluding hydrogens is 151 g/mol. The van der Waals surface area contributed by atoms with Gasteiger partial charge in [-0.25, -0.2) is 0 Å². The molecule has 2 nitrogen and oxygen atoms in total. The van der Waals surface area contributed by atoms with E-state index >= 15 is 0 Å². The van der Waals surface area contributed by atoms with Gasteiger partial charge in [0.2, 0.25) is 0 Å². The molecule has 0 unspecified atom stereocenters. The number of aryl methyl sites for hydroxylation is 1. The van der Waals surface area contributed by atoms with Crippen molar-refractivity contribution < 1.29 is 9.84 Å². The van der Waals surface area contributed by atoms with Gasteiger partial charge in [0.15, 0.2) is 11.5 Å². The molecule has 1 N–H and O–H groups in total. The number of ether oxygens (including phenoxy) is 1. The molecule has 1 aromatic rings. The second-order valence-electron chi connectivity index (χ2n) is 2.18. The van der Waals surface area contributed by atoms with E-state index in [9.17, 15) is 0 Å². The quantitative estimate of drug-likeness (QED) is 0.629. The van der Waals surface area contributed by atoms with E-state index in [4.69, 9.17) is 9.84 Å². The van der Waals surface area contributed by atoms with Gasteiger partial charge in [-0.3, -0.25) is 0 Å². The summed E-state index contributed by atoms with van der Waals surface area (Å²) in [6.45, 7) is 1.92. The van der Waals surface area contributed by atoms with Gasteiger partial charge in [0.05, 0.1) is 7.11 Å². The van der Waals surface area contributed by atoms with E-state index < -0.39 is 0 Å². The van der Waals surface area contributed by atoms with Crippen molar-refractivity contribution in [3.8, 4) is 11.5 Å². The summed E-state index contributed by atoms with van der Waals surface area (Å²) < 4.78 is 4.85. The van der Waals surface area contributed by atoms with E-state index in [0.29, 0.717) is 5.75 Å². The summed E-state index contributed by atoms with van der Waals surface area (Å²) >= 11 is 0. The molecule has 0 bridgehead atoms. The Kier molecular flexibility index (Phi) is 4.57. The van der Waals surface area contributed by atoms with Crippen LogP contribution in [0.25, 0.3) is 0 Å². The normalized spacial score (nSPS) is 8.55. The van der Waals surface area contributed by atoms with Gasteiger partial charge in [-0.1, -0.05) is 6.07 Å². The average Bonchev–Trinajstić information content (AvgIpc) is 1.88. The first-order chi connectivity index (χ1) is 4.74. The second kappa shape index (κ2) is 4.65. The van der Waals surface area contributed by atoms with E-state index in [0.717, 1.165) is 5.56 Å². The van der Waals surface area contributed by atoms with E-state index in [2.05, 4.69) is 0 Å². The molecule has 55 valence electrons. The fraction of sp³-hybridized carbons (Fsp3) is 0.250. The van der Waals surface area contributed by atoms with Crippen LogP contribution in [0.4, 0.5) is 0 Å². The fourth-order valence-electron chi connectivity index (χ4n) is 0.800. The van der Waals surface area contributed by atoms with Crippen LogP contribution in [0.2, 0.25) is 0 Å². The van der Waals surface area contributed by atoms with Gasteiger partial charge in [-0.2, -0.15) is 0 Å². The van der Waals surface area contributed by atoms with Gasteiger partial charge in [0, 0.05) is 29.6 Å². The van der Waals surface area contributed by atoms with Crippen LogP contribution in [-0.4, -0.2) is 41.8 Å². The van der Waals surface area contributed by atoms with Crippen molar-refractivity contribution in [2.75, 3.05) is 7.11 Å². The standard InChI is InChI=1S/C8H10O2.Na/c1-6-3-4-8(10-2)7(9)5-6;/h3-5,9H,1-2H3;. The van der Waals surface area contributed by atoms with E-state index in [1.807, 2.05) is 13.0 Å². The predicted molar refractivity (Wildman–Crippen MR) is 45.1 cm³/mol. The van der Waals surface area contributed by atoms with Gasteiger partial charge in [0.25, 0.3) is 0 Å². The number of aromatic hydroxyl groups is 1. The van der Waals surface area contributed by atoms with Crippen molar-refractivity contribution in [2.45, 2.75) is 6.92 Å². The number of benzene rings is 1. The monoisotopic (exact) mass is 161 g/mol. The Balaban J connectivity index is 0.000001000. The zero-order valence-corrected chi connectivity index (χ0v) is 9.09. The van der Waals surface area contributed by atoms with Crippen LogP contribution >= 0.6 is 0 Å². The summed E-state index contributed by atoms with van der Waals surface area (Å²) in [5, 5.41) is 9.17. The van der Waals surface area contributed by atoms with Gasteiger partial charge in [0.1, 0.15) is 0 Å². The van der Waals surface area contributed by atoms with E-state index in [-0.39, 0.29) is 35.3 Å². The van der Waals surface area contributed by atoms with Crippen LogP contribution in [-0.2, 0) is 0 Å². The molecule has 1 rings (SSSR count). The van der Waals surface area contributed by atoms with Crippen LogP contribution in [0, 0.1) is 6.92 Å². The minimum Gasteiger partial charge on any atom is -0.504 e. The molecule has 11 heavy (non-hydrogen) atoms. The van der Waals surface area contributed by atoms with Crippen molar-refractivity contribution in [2.24, 2.45) is 0 Å². The first-order valence-electron chi connectivity index (χ1n) is 3.07. The zero-order chi connectivity index (χ0) is 7.56. The molecule has 1 radical (unpaired) electrons. The third-order valence-electron chi connectivity index (χ3n) is 1.33. The molecule has 0 aliphatic carbocycles. The number of phenolic OH excluding ortho intramolecular Hbond substituents is 1. The topological polar surface area (TPSA) is 29.5 Å². The molecular formula is C8H10NaO2. The predicted octanol–water partition coefficient (Wildman–Crippen LogP) is 1.33. The van der Waals surface area contributed by atoms with Crippen LogP contribution < -0.4 is 4.74 Å². The third-order valence-corrected chi connectivity index (χ3v) is 1.33. The molecule has 3 heteroatoms. The molecule has 0 aliphatic heterocycles. The Morgan fingerprint density at radius 3 is 2.45 bits per heavy atom. The molecule has 0 aromatic heterocycles. The summed E-state index contributed by atoms with van der Waals surface area (Å²) in [5.74, 6) is 0.716. The second-order valence-corrected chi connectivity index (χ2v) is 2.18. The summed E-state index contributed by atoms with van der Waals surface area (Å²) in [5.41, 5.74) is 1.03. The van der Waals surface area contributed by atoms with Gasteiger partial charge < -0.3 is 9.84 Å². The van der Waals surface area contributed by atoms with Crippen LogP contribution in [0.3, 0.4) is 0 Å². The minimum absolute atomic E-state index is 0. The number of phenols is 1. The van der Waals surface area contributed by atoms with Crippen LogP contribution in [0.1, 0.15) is 5.56 Å². The Bertz CT molecular complexity index is 236. The largest absolute Gasteiger partial charge is 0.504 e. The van der Waals surface area contributed by atoms with Crippen molar-refractivity contribution in [1.29, 1.82) is 0 Å². The van der Waals surface area contributed by atoms with Crippen molar-refractivity contribution in [3.63, 3.8) is 0 Å². The maximum absolute atomic E-state index is 9.17. The molecule has 0 amide bonds. The average molecular weight is 161 g/mol. The van der Waals surface area contributed by atoms with Crippen molar-refractivity contribution >= 4 is 29.6 Å². The number of hydrogen-bond donors (Lipinski definition) is 1. The first-order valence-corrected chi connectivity index (χ1v) is 3.07. The number of methoxy groups -OCH3 is 1. The summed E-state index contributed by atoms with van der Waals surface area (Å²) in [7, 11) is 1.53. The van der Waals surface area contributed by atoms with E-state index in [1.165, 1.54) is 7.11 Å². The maximum Gasteiger partial charge on any atom is 0.160 e. The smallest absolute Gasteiger partial charge is 0.160 e. The van der Waals surface area contributed by atoms with E-state index in [1.54, 1.807) is 12.1 Å². The molecule has 0 heterocycles. The molecule has 1 aromatic carbocycles. The molecule has 0 fully saturated rings. The fourth-order valence-corrected chi connectivity index (χ4v) is 0.800. The molecule has 0 saturated heterocycles. The Morgan fingerprint density at radius 2 is 2.00 bits per heavy atom. The molecule has 0 spiro atoms. The van der Waals surface area contributed by atoms with Gasteiger partial charge >= 0.3 is 0 Å². The Morgan fingerprint density at radius 1 is 1.36 bits per heavy atom. The molecule has 0 aliphatic rings. The van der Waals surface area contributed by atoms with Gasteiger partial charge in [-0.15, -0.1) is 0 Å². The third kappa shape index (κ3) is 2.73. The van der Waals surface area contributed by atoms with Gasteiger partial charge in [-0.05, 0) is 24.6 Å². The summed E-state index contributed by atoms with van der Waals surface area (Å²) in [4.78, 5) is 0. The molecule has 0 saturated carbocycles. The zero-order valence-electron chi connectivity index (χ0n) is 7.09. The maximum atomic E-state index is 9.17. The van der Waals surface area contributed by atoms with Crippen LogP contribution in [0.15, 0.2) is 18.2 Å². The van der Waals surface area contributed by atoms with Crippen molar-refractivity contribution in [1.82, 2.24) is 0 Å². The minimum atomic E-state index is 0. The van der Waals surface area contributed by atoms with Crippen LogP contribution in [0.5, 0.6) is 11.5 Å². The summed E-state index contributed by atoms with van der Waals surface area (Å²) in [6, 6.07) is 5.29. The van der Waals surface area contributed by atoms with Crippen molar-refractivity contribution in [3.05, 3.63) is 23.8 Å². The SMILES string of the molecule is COc1ccc(C)cc1O.[Na]. The number of hydrogen-bond acceptors (Lipinski definition) is 2. The molecule has 0 atom stereocenters. The Hall–Kier alpha value is -0.180. The first kappa shape index (κ1) is 10.8.